The number of hydrogen-bond acceptors (Lipinski definition) is 2. The molecule has 6 aromatic rings. The average Bonchev–Trinajstić information content (AvgIpc) is 3.24. The van der Waals surface area contributed by atoms with Gasteiger partial charge in [0.1, 0.15) is 0 Å². The molecule has 1 heterocycles. The van der Waals surface area contributed by atoms with Gasteiger partial charge in [-0.2, -0.15) is 0 Å². The van der Waals surface area contributed by atoms with E-state index in [1.807, 2.05) is 48.6 Å². The first kappa shape index (κ1) is 37.4. The van der Waals surface area contributed by atoms with E-state index in [2.05, 4.69) is 163 Å². The van der Waals surface area contributed by atoms with Gasteiger partial charge in [-0.05, 0) is 117 Å². The maximum absolute atomic E-state index is 4.97. The Kier molecular flexibility index (Phi) is 10.8. The predicted molar refractivity (Wildman–Crippen MR) is 245 cm³/mol. The van der Waals surface area contributed by atoms with Crippen molar-refractivity contribution in [3.63, 3.8) is 0 Å². The standard InChI is InChI=1S/C54H46N2/c1-9-42(45-29-31-50-48-21-14-13-19-46(48)47-20-15-16-22-49(47)51(50)34-45)33-40(7)37(4)24-23-35(2)36(3)25-26-38(5)41(8)55-53-39(6)27-28-44-30-32-52(56-54(44)53)43-17-11-10-12-18-43/h9-34H,3,5-6,8H2,1-2,4,7H3/b26-25-,35-23+,37-24+,40-33+,42-9+,55-53?. The summed E-state index contributed by atoms with van der Waals surface area (Å²) < 4.78 is 0. The quantitative estimate of drug-likeness (QED) is 0.102. The highest BCUT2D eigenvalue weighted by molar-refractivity contribution is 6.25. The molecule has 0 unspecified atom stereocenters. The Hall–Kier alpha value is -6.90. The van der Waals surface area contributed by atoms with Crippen LogP contribution in [0.1, 0.15) is 44.5 Å². The van der Waals surface area contributed by atoms with Crippen LogP contribution in [0.4, 0.5) is 0 Å². The fourth-order valence-corrected chi connectivity index (χ4v) is 7.00. The third-order valence-corrected chi connectivity index (χ3v) is 10.6. The van der Waals surface area contributed by atoms with Gasteiger partial charge in [0, 0.05) is 11.1 Å². The van der Waals surface area contributed by atoms with E-state index in [4.69, 9.17) is 9.98 Å². The molecule has 0 saturated carbocycles. The normalized spacial score (nSPS) is 14.6. The number of allylic oxidation sites excluding steroid dienone is 13. The Morgan fingerprint density at radius 3 is 1.86 bits per heavy atom. The number of aliphatic imine (C=N–C) groups is 1. The molecule has 1 aromatic heterocycles. The summed E-state index contributed by atoms with van der Waals surface area (Å²) >= 11 is 0. The summed E-state index contributed by atoms with van der Waals surface area (Å²) in [6.07, 6.45) is 16.6. The first-order chi connectivity index (χ1) is 27.1. The molecule has 272 valence electrons. The van der Waals surface area contributed by atoms with Crippen molar-refractivity contribution in [1.82, 2.24) is 4.98 Å². The SMILES string of the molecule is C=C1C=Cc2ccc(-c3ccccc3)nc2C1=NC(=C)C(=C)/C=C\C(=C)/C(C)=C/C=C(C)/C(C)=C/C(=C\C)c1ccc2c3ccccc3c3ccccc3c2c1. The van der Waals surface area contributed by atoms with Gasteiger partial charge >= 0.3 is 0 Å². The van der Waals surface area contributed by atoms with Crippen LogP contribution in [0.15, 0.2) is 222 Å². The molecular weight excluding hydrogens is 677 g/mol. The van der Waals surface area contributed by atoms with Crippen molar-refractivity contribution in [2.24, 2.45) is 4.99 Å². The van der Waals surface area contributed by atoms with Crippen molar-refractivity contribution in [1.29, 1.82) is 0 Å². The fraction of sp³-hybridized carbons (Fsp3) is 0.0741. The molecule has 7 rings (SSSR count). The van der Waals surface area contributed by atoms with E-state index in [9.17, 15) is 0 Å². The van der Waals surface area contributed by atoms with E-state index >= 15 is 0 Å². The molecule has 1 aliphatic rings. The lowest BCUT2D eigenvalue weighted by molar-refractivity contribution is 1.25. The van der Waals surface area contributed by atoms with Gasteiger partial charge < -0.3 is 0 Å². The smallest absolute Gasteiger partial charge is 0.0972 e. The minimum atomic E-state index is 0.546. The van der Waals surface area contributed by atoms with Gasteiger partial charge in [0.15, 0.2) is 0 Å². The summed E-state index contributed by atoms with van der Waals surface area (Å²) in [7, 11) is 0. The molecule has 2 nitrogen and oxygen atoms in total. The van der Waals surface area contributed by atoms with Crippen LogP contribution in [0.3, 0.4) is 0 Å². The number of pyridine rings is 1. The number of benzene rings is 5. The van der Waals surface area contributed by atoms with Crippen LogP contribution >= 0.6 is 0 Å². The first-order valence-electron chi connectivity index (χ1n) is 18.9. The van der Waals surface area contributed by atoms with Crippen molar-refractivity contribution < 1.29 is 0 Å². The van der Waals surface area contributed by atoms with Gasteiger partial charge in [-0.25, -0.2) is 9.98 Å². The van der Waals surface area contributed by atoms with Crippen LogP contribution in [0.25, 0.3) is 55.2 Å². The van der Waals surface area contributed by atoms with Crippen LogP contribution in [0.5, 0.6) is 0 Å². The van der Waals surface area contributed by atoms with Crippen molar-refractivity contribution in [3.8, 4) is 11.3 Å². The highest BCUT2D eigenvalue weighted by Gasteiger charge is 2.18. The Balaban J connectivity index is 1.06. The van der Waals surface area contributed by atoms with Gasteiger partial charge in [-0.1, -0.05) is 172 Å². The van der Waals surface area contributed by atoms with Gasteiger partial charge in [0.25, 0.3) is 0 Å². The van der Waals surface area contributed by atoms with Gasteiger partial charge in [-0.3, -0.25) is 0 Å². The van der Waals surface area contributed by atoms with E-state index < -0.39 is 0 Å². The second-order valence-electron chi connectivity index (χ2n) is 14.3. The van der Waals surface area contributed by atoms with Crippen molar-refractivity contribution in [2.75, 3.05) is 0 Å². The lowest BCUT2D eigenvalue weighted by Crippen LogP contribution is -2.12. The summed E-state index contributed by atoms with van der Waals surface area (Å²) in [5, 5.41) is 7.69. The van der Waals surface area contributed by atoms with Gasteiger partial charge in [0.05, 0.1) is 22.8 Å². The maximum Gasteiger partial charge on any atom is 0.0972 e. The molecule has 0 fully saturated rings. The Morgan fingerprint density at radius 2 is 1.20 bits per heavy atom. The summed E-state index contributed by atoms with van der Waals surface area (Å²) in [6, 6.07) is 38.5. The third-order valence-electron chi connectivity index (χ3n) is 10.6. The topological polar surface area (TPSA) is 25.2 Å². The number of aromatic nitrogens is 1. The number of rotatable bonds is 10. The zero-order chi connectivity index (χ0) is 39.3. The number of hydrogen-bond donors (Lipinski definition) is 0. The van der Waals surface area contributed by atoms with Crippen LogP contribution in [-0.2, 0) is 0 Å². The van der Waals surface area contributed by atoms with Crippen LogP contribution in [0, 0.1) is 0 Å². The van der Waals surface area contributed by atoms with E-state index in [0.29, 0.717) is 17.0 Å². The summed E-state index contributed by atoms with van der Waals surface area (Å²) in [4.78, 5) is 9.85. The molecular formula is C54H46N2. The highest BCUT2D eigenvalue weighted by Crippen LogP contribution is 2.37. The molecule has 0 N–H and O–H groups in total. The van der Waals surface area contributed by atoms with Crippen molar-refractivity contribution >= 4 is 49.7 Å². The molecule has 0 bridgehead atoms. The van der Waals surface area contributed by atoms with Crippen molar-refractivity contribution in [2.45, 2.75) is 27.7 Å². The third kappa shape index (κ3) is 7.69. The zero-order valence-electron chi connectivity index (χ0n) is 32.7. The minimum Gasteiger partial charge on any atom is -0.246 e. The molecule has 0 radical (unpaired) electrons. The Labute approximate surface area is 331 Å². The molecule has 2 heteroatoms. The fourth-order valence-electron chi connectivity index (χ4n) is 7.00. The Bertz CT molecular complexity index is 2790. The second-order valence-corrected chi connectivity index (χ2v) is 14.3. The Morgan fingerprint density at radius 1 is 0.607 bits per heavy atom. The van der Waals surface area contributed by atoms with Crippen LogP contribution < -0.4 is 0 Å². The largest absolute Gasteiger partial charge is 0.246 e. The van der Waals surface area contributed by atoms with Gasteiger partial charge in [-0.15, -0.1) is 0 Å². The molecule has 1 aliphatic carbocycles. The summed E-state index contributed by atoms with van der Waals surface area (Å²) in [5.74, 6) is 0. The molecule has 0 spiro atoms. The lowest BCUT2D eigenvalue weighted by atomic mass is 9.91. The van der Waals surface area contributed by atoms with E-state index in [1.54, 1.807) is 0 Å². The number of nitrogens with zero attached hydrogens (tertiary/aromatic N) is 2. The lowest BCUT2D eigenvalue weighted by Gasteiger charge is -2.16. The summed E-state index contributed by atoms with van der Waals surface area (Å²) in [5.41, 5.74) is 13.1. The van der Waals surface area contributed by atoms with E-state index in [1.165, 1.54) is 54.6 Å². The van der Waals surface area contributed by atoms with Crippen molar-refractivity contribution in [3.05, 3.63) is 234 Å². The van der Waals surface area contributed by atoms with Crippen LogP contribution in [0.2, 0.25) is 0 Å². The van der Waals surface area contributed by atoms with Crippen LogP contribution in [-0.4, -0.2) is 10.7 Å². The molecule has 0 atom stereocenters. The predicted octanol–water partition coefficient (Wildman–Crippen LogP) is 14.7. The average molecular weight is 723 g/mol. The molecule has 0 aliphatic heterocycles. The highest BCUT2D eigenvalue weighted by atomic mass is 14.8. The molecule has 0 saturated heterocycles. The zero-order valence-corrected chi connectivity index (χ0v) is 32.7. The van der Waals surface area contributed by atoms with Gasteiger partial charge in [0.2, 0.25) is 0 Å². The maximum atomic E-state index is 4.97. The monoisotopic (exact) mass is 722 g/mol. The number of fused-ring (bicyclic) bond motifs is 7. The molecule has 5 aromatic carbocycles. The molecule has 0 amide bonds. The van der Waals surface area contributed by atoms with E-state index in [0.717, 1.165) is 39.2 Å². The minimum absolute atomic E-state index is 0.546. The van der Waals surface area contributed by atoms with E-state index in [-0.39, 0.29) is 0 Å². The first-order valence-corrected chi connectivity index (χ1v) is 18.9. The molecule has 56 heavy (non-hydrogen) atoms. The second kappa shape index (κ2) is 16.2. The summed E-state index contributed by atoms with van der Waals surface area (Å²) in [6.45, 7) is 25.5.